The maximum Gasteiger partial charge on any atom is 0.227 e. The normalized spacial score (nSPS) is 13.9. The molecule has 1 aliphatic heterocycles. The lowest BCUT2D eigenvalue weighted by Gasteiger charge is -2.34. The van der Waals surface area contributed by atoms with Crippen LogP contribution in [0.4, 0.5) is 5.69 Å². The third-order valence-corrected chi connectivity index (χ3v) is 5.03. The summed E-state index contributed by atoms with van der Waals surface area (Å²) < 4.78 is 5.89. The molecule has 8 heteroatoms. The first-order valence-corrected chi connectivity index (χ1v) is 9.52. The fraction of sp³-hybridized carbons (Fsp3) is 0.273. The smallest absolute Gasteiger partial charge is 0.227 e. The highest BCUT2D eigenvalue weighted by Crippen LogP contribution is 2.20. The quantitative estimate of drug-likeness (QED) is 0.602. The summed E-state index contributed by atoms with van der Waals surface area (Å²) in [6.07, 6.45) is 2.19. The molecule has 0 spiro atoms. The fourth-order valence-electron chi connectivity index (χ4n) is 3.39. The third-order valence-electron chi connectivity index (χ3n) is 5.03. The number of nitrogen functional groups attached to an aromatic ring is 1. The number of anilines is 1. The molecule has 2 heterocycles. The van der Waals surface area contributed by atoms with E-state index in [1.807, 2.05) is 59.5 Å². The molecule has 6 nitrogen and oxygen atoms in total. The van der Waals surface area contributed by atoms with Gasteiger partial charge in [0.1, 0.15) is 0 Å². The van der Waals surface area contributed by atoms with Crippen molar-refractivity contribution in [2.45, 2.75) is 13.0 Å². The molecule has 1 aromatic heterocycles. The van der Waals surface area contributed by atoms with Crippen LogP contribution in [0, 0.1) is 0 Å². The van der Waals surface area contributed by atoms with Crippen molar-refractivity contribution in [2.75, 3.05) is 31.9 Å². The molecule has 30 heavy (non-hydrogen) atoms. The van der Waals surface area contributed by atoms with Gasteiger partial charge in [-0.05, 0) is 17.7 Å². The number of benzene rings is 2. The van der Waals surface area contributed by atoms with E-state index in [0.717, 1.165) is 43.1 Å². The van der Waals surface area contributed by atoms with Gasteiger partial charge < -0.3 is 15.1 Å². The molecular weight excluding hydrogens is 423 g/mol. The minimum absolute atomic E-state index is 0. The maximum atomic E-state index is 12.5. The van der Waals surface area contributed by atoms with E-state index in [4.69, 9.17) is 10.2 Å². The second-order valence-electron chi connectivity index (χ2n) is 7.06. The molecule has 1 fully saturated rings. The van der Waals surface area contributed by atoms with Gasteiger partial charge in [-0.2, -0.15) is 0 Å². The zero-order valence-corrected chi connectivity index (χ0v) is 18.2. The van der Waals surface area contributed by atoms with Crippen LogP contribution in [0.1, 0.15) is 11.5 Å². The Morgan fingerprint density at radius 1 is 0.967 bits per heavy atom. The minimum atomic E-state index is 0. The molecule has 1 aliphatic rings. The van der Waals surface area contributed by atoms with Crippen molar-refractivity contribution in [3.63, 3.8) is 0 Å². The van der Waals surface area contributed by atoms with Crippen LogP contribution in [-0.2, 0) is 17.8 Å². The predicted octanol–water partition coefficient (Wildman–Crippen LogP) is 3.65. The van der Waals surface area contributed by atoms with Crippen molar-refractivity contribution in [1.82, 2.24) is 14.8 Å². The molecule has 2 aromatic carbocycles. The van der Waals surface area contributed by atoms with Gasteiger partial charge in [-0.3, -0.25) is 9.69 Å². The van der Waals surface area contributed by atoms with Crippen molar-refractivity contribution in [3.05, 3.63) is 72.2 Å². The van der Waals surface area contributed by atoms with Gasteiger partial charge in [0.05, 0.1) is 19.2 Å². The second kappa shape index (κ2) is 11.0. The van der Waals surface area contributed by atoms with Crippen LogP contribution < -0.4 is 5.73 Å². The van der Waals surface area contributed by atoms with Crippen LogP contribution in [0.15, 0.2) is 65.2 Å². The summed E-state index contributed by atoms with van der Waals surface area (Å²) in [5.41, 5.74) is 8.44. The van der Waals surface area contributed by atoms with Gasteiger partial charge in [0, 0.05) is 37.4 Å². The van der Waals surface area contributed by atoms with E-state index in [-0.39, 0.29) is 30.7 Å². The van der Waals surface area contributed by atoms with E-state index in [9.17, 15) is 4.79 Å². The zero-order chi connectivity index (χ0) is 19.3. The first kappa shape index (κ1) is 23.7. The lowest BCUT2D eigenvalue weighted by atomic mass is 10.1. The number of amides is 1. The molecule has 1 amide bonds. The molecule has 0 atom stereocenters. The second-order valence-corrected chi connectivity index (χ2v) is 7.06. The Morgan fingerprint density at radius 2 is 1.63 bits per heavy atom. The summed E-state index contributed by atoms with van der Waals surface area (Å²) in [7, 11) is 0. The Labute approximate surface area is 188 Å². The Hall–Kier alpha value is -2.54. The number of piperazine rings is 1. The maximum absolute atomic E-state index is 12.5. The van der Waals surface area contributed by atoms with Crippen LogP contribution >= 0.6 is 24.8 Å². The Morgan fingerprint density at radius 3 is 2.30 bits per heavy atom. The van der Waals surface area contributed by atoms with E-state index < -0.39 is 0 Å². The van der Waals surface area contributed by atoms with Crippen LogP contribution in [-0.4, -0.2) is 46.9 Å². The highest BCUT2D eigenvalue weighted by Gasteiger charge is 2.22. The summed E-state index contributed by atoms with van der Waals surface area (Å²) in [5, 5.41) is 0. The highest BCUT2D eigenvalue weighted by atomic mass is 35.5. The Bertz CT molecular complexity index is 924. The molecule has 3 aromatic rings. The summed E-state index contributed by atoms with van der Waals surface area (Å²) >= 11 is 0. The van der Waals surface area contributed by atoms with Gasteiger partial charge in [0.15, 0.2) is 5.76 Å². The standard InChI is InChI=1S/C22H24N4O2.2ClH/c23-19-8-6-17(7-9-19)14-22(27)26-12-10-25(11-13-26)16-21-24-15-20(28-21)18-4-2-1-3-5-18;;/h1-9,15H,10-14,16,23H2;2*1H. The summed E-state index contributed by atoms with van der Waals surface area (Å²) in [6.45, 7) is 3.74. The number of hydrogen-bond donors (Lipinski definition) is 1. The Balaban J connectivity index is 0.00000160. The number of halogens is 2. The molecule has 0 aliphatic carbocycles. The molecule has 0 saturated carbocycles. The summed E-state index contributed by atoms with van der Waals surface area (Å²) in [5.74, 6) is 1.65. The molecule has 160 valence electrons. The lowest BCUT2D eigenvalue weighted by molar-refractivity contribution is -0.132. The van der Waals surface area contributed by atoms with Crippen LogP contribution in [0.25, 0.3) is 11.3 Å². The number of nitrogens with zero attached hydrogens (tertiary/aromatic N) is 3. The van der Waals surface area contributed by atoms with Crippen LogP contribution in [0.5, 0.6) is 0 Å². The van der Waals surface area contributed by atoms with Crippen molar-refractivity contribution in [3.8, 4) is 11.3 Å². The molecule has 2 N–H and O–H groups in total. The van der Waals surface area contributed by atoms with Crippen LogP contribution in [0.2, 0.25) is 0 Å². The van der Waals surface area contributed by atoms with Crippen molar-refractivity contribution in [2.24, 2.45) is 0 Å². The van der Waals surface area contributed by atoms with Gasteiger partial charge in [0.2, 0.25) is 11.8 Å². The van der Waals surface area contributed by atoms with Crippen molar-refractivity contribution in [1.29, 1.82) is 0 Å². The summed E-state index contributed by atoms with van der Waals surface area (Å²) in [6, 6.07) is 17.5. The first-order valence-electron chi connectivity index (χ1n) is 9.52. The lowest BCUT2D eigenvalue weighted by Crippen LogP contribution is -2.48. The number of hydrogen-bond acceptors (Lipinski definition) is 5. The minimum Gasteiger partial charge on any atom is -0.439 e. The average molecular weight is 449 g/mol. The first-order chi connectivity index (χ1) is 13.7. The number of carbonyl (C=O) groups is 1. The van der Waals surface area contributed by atoms with Gasteiger partial charge in [0.25, 0.3) is 0 Å². The van der Waals surface area contributed by atoms with Gasteiger partial charge >= 0.3 is 0 Å². The van der Waals surface area contributed by atoms with Gasteiger partial charge in [-0.15, -0.1) is 24.8 Å². The van der Waals surface area contributed by atoms with Crippen LogP contribution in [0.3, 0.4) is 0 Å². The summed E-state index contributed by atoms with van der Waals surface area (Å²) in [4.78, 5) is 21.1. The molecular formula is C22H26Cl2N4O2. The van der Waals surface area contributed by atoms with Gasteiger partial charge in [-0.1, -0.05) is 42.5 Å². The molecule has 4 rings (SSSR count). The number of nitrogens with two attached hydrogens (primary N) is 1. The van der Waals surface area contributed by atoms with E-state index in [2.05, 4.69) is 9.88 Å². The SMILES string of the molecule is Cl.Cl.Nc1ccc(CC(=O)N2CCN(Cc3ncc(-c4ccccc4)o3)CC2)cc1. The third kappa shape index (κ3) is 5.98. The largest absolute Gasteiger partial charge is 0.439 e. The van der Waals surface area contributed by atoms with E-state index in [1.54, 1.807) is 6.20 Å². The van der Waals surface area contributed by atoms with E-state index >= 15 is 0 Å². The molecule has 0 bridgehead atoms. The fourth-order valence-corrected chi connectivity index (χ4v) is 3.39. The monoisotopic (exact) mass is 448 g/mol. The highest BCUT2D eigenvalue weighted by molar-refractivity contribution is 5.85. The number of aromatic nitrogens is 1. The topological polar surface area (TPSA) is 75.6 Å². The Kier molecular flexibility index (Phi) is 8.72. The van der Waals surface area contributed by atoms with Gasteiger partial charge in [-0.25, -0.2) is 4.98 Å². The average Bonchev–Trinajstić information content (AvgIpc) is 3.19. The number of rotatable bonds is 5. The zero-order valence-electron chi connectivity index (χ0n) is 16.6. The van der Waals surface area contributed by atoms with Crippen molar-refractivity contribution < 1.29 is 9.21 Å². The molecule has 0 radical (unpaired) electrons. The van der Waals surface area contributed by atoms with E-state index in [0.29, 0.717) is 24.5 Å². The number of oxazole rings is 1. The molecule has 0 unspecified atom stereocenters. The predicted molar refractivity (Wildman–Crippen MR) is 123 cm³/mol. The number of carbonyl (C=O) groups excluding carboxylic acids is 1. The van der Waals surface area contributed by atoms with E-state index in [1.165, 1.54) is 0 Å². The van der Waals surface area contributed by atoms with Crippen molar-refractivity contribution >= 4 is 36.4 Å². The molecule has 1 saturated heterocycles.